The van der Waals surface area contributed by atoms with Gasteiger partial charge in [-0.2, -0.15) is 0 Å². The molecule has 18 rings (SSSR count). The fourth-order valence-corrected chi connectivity index (χ4v) is 12.8. The van der Waals surface area contributed by atoms with E-state index in [1.807, 2.05) is 60.7 Å². The van der Waals surface area contributed by atoms with Crippen LogP contribution in [0.15, 0.2) is 321 Å². The quantitative estimate of drug-likeness (QED) is 0.151. The van der Waals surface area contributed by atoms with E-state index in [0.29, 0.717) is 0 Å². The van der Waals surface area contributed by atoms with E-state index in [2.05, 4.69) is 252 Å². The van der Waals surface area contributed by atoms with Crippen molar-refractivity contribution in [3.05, 3.63) is 303 Å². The van der Waals surface area contributed by atoms with Gasteiger partial charge >= 0.3 is 0 Å². The summed E-state index contributed by atoms with van der Waals surface area (Å²) in [6.45, 7) is 0. The van der Waals surface area contributed by atoms with Crippen LogP contribution in [0.4, 0.5) is 34.1 Å². The van der Waals surface area contributed by atoms with Crippen molar-refractivity contribution in [2.24, 2.45) is 0 Å². The van der Waals surface area contributed by atoms with E-state index in [-0.39, 0.29) is 0 Å². The molecule has 14 aromatic carbocycles. The zero-order valence-electron chi connectivity index (χ0n) is 46.4. The van der Waals surface area contributed by atoms with Crippen molar-refractivity contribution in [2.45, 2.75) is 0 Å². The summed E-state index contributed by atoms with van der Waals surface area (Å²) in [6.07, 6.45) is 0. The number of nitrogens with zero attached hydrogens (tertiary/aromatic N) is 2. The Bertz CT molecular complexity index is 5400. The molecule has 0 aliphatic heterocycles. The Balaban J connectivity index is 0.000000134. The highest BCUT2D eigenvalue weighted by molar-refractivity contribution is 6.18. The molecule has 6 nitrogen and oxygen atoms in total. The minimum absolute atomic E-state index is 0.862. The molecular weight excluding hydrogens is 1050 g/mol. The van der Waals surface area contributed by atoms with Crippen LogP contribution in [0.5, 0.6) is 0 Å². The largest absolute Gasteiger partial charge is 0.456 e. The van der Waals surface area contributed by atoms with Gasteiger partial charge < -0.3 is 27.5 Å². The molecule has 0 spiro atoms. The first kappa shape index (κ1) is 49.0. The molecule has 0 saturated carbocycles. The Hall–Kier alpha value is -11.6. The Labute approximate surface area is 493 Å². The predicted octanol–water partition coefficient (Wildman–Crippen LogP) is 23.6. The number of benzene rings is 14. The Morgan fingerprint density at radius 3 is 0.965 bits per heavy atom. The third-order valence-electron chi connectivity index (χ3n) is 16.9. The van der Waals surface area contributed by atoms with E-state index in [4.69, 9.17) is 17.7 Å². The lowest BCUT2D eigenvalue weighted by Gasteiger charge is -2.27. The fraction of sp³-hybridized carbons (Fsp3) is 0. The normalized spacial score (nSPS) is 11.7. The summed E-state index contributed by atoms with van der Waals surface area (Å²) in [5.74, 6) is 0. The van der Waals surface area contributed by atoms with Crippen LogP contribution in [-0.4, -0.2) is 0 Å². The molecule has 0 radical (unpaired) electrons. The SMILES string of the molecule is c1ccc2cc(-c3ccc(N(c4ccc5oc6ccccc6c5c4)c4ccc5oc6ccccc6c5c4)cc3)ccc2c1.c1ccc2cc(-c3ccc(N(c4cccc5oc6ccccc6c45)c4cccc5oc6ccccc6c45)cc3)ccc2c1. The standard InChI is InChI=1S/2C40H25NO2/c1-2-10-28-25-29(20-19-26(28)9-1)27-21-23-30(24-22-27)41(33-13-7-17-37-39(33)31-11-3-5-15-35(31)42-37)34-14-8-18-38-40(34)32-12-4-6-16-36(32)43-38;1-2-8-28-23-29(14-13-26(28)7-1)27-15-17-30(18-16-27)41(31-19-21-39-35(24-31)33-9-3-5-11-37(33)42-39)32-20-22-40-36(25-32)34-10-4-6-12-38(34)43-40/h2*1-25H. The number of para-hydroxylation sites is 4. The zero-order chi connectivity index (χ0) is 56.7. The number of fused-ring (bicyclic) bond motifs is 14. The Morgan fingerprint density at radius 1 is 0.186 bits per heavy atom. The lowest BCUT2D eigenvalue weighted by atomic mass is 10.0. The second-order valence-electron chi connectivity index (χ2n) is 21.9. The average Bonchev–Trinajstić information content (AvgIpc) is 2.18. The van der Waals surface area contributed by atoms with Crippen LogP contribution in [0.3, 0.4) is 0 Å². The average molecular weight is 1100 g/mol. The Kier molecular flexibility index (Phi) is 11.5. The summed E-state index contributed by atoms with van der Waals surface area (Å²) in [5, 5.41) is 13.8. The number of anilines is 6. The van der Waals surface area contributed by atoms with Crippen LogP contribution in [-0.2, 0) is 0 Å². The second kappa shape index (κ2) is 20.1. The second-order valence-corrected chi connectivity index (χ2v) is 21.9. The maximum absolute atomic E-state index is 6.32. The molecule has 0 bridgehead atoms. The molecule has 0 saturated heterocycles. The van der Waals surface area contributed by atoms with Gasteiger partial charge in [0.25, 0.3) is 0 Å². The smallest absolute Gasteiger partial charge is 0.137 e. The van der Waals surface area contributed by atoms with Gasteiger partial charge in [0.2, 0.25) is 0 Å². The lowest BCUT2D eigenvalue weighted by Crippen LogP contribution is -2.10. The van der Waals surface area contributed by atoms with E-state index in [0.717, 1.165) is 122 Å². The molecular formula is C80H50N2O4. The molecule has 4 heterocycles. The van der Waals surface area contributed by atoms with Gasteiger partial charge in [-0.05, 0) is 165 Å². The third kappa shape index (κ3) is 8.34. The first-order valence-electron chi connectivity index (χ1n) is 29.0. The van der Waals surface area contributed by atoms with Crippen molar-refractivity contribution in [1.82, 2.24) is 0 Å². The van der Waals surface area contributed by atoms with Crippen molar-refractivity contribution in [1.29, 1.82) is 0 Å². The van der Waals surface area contributed by atoms with Crippen molar-refractivity contribution in [3.63, 3.8) is 0 Å². The highest BCUT2D eigenvalue weighted by Crippen LogP contribution is 2.48. The van der Waals surface area contributed by atoms with Gasteiger partial charge in [-0.1, -0.05) is 182 Å². The first-order valence-corrected chi connectivity index (χ1v) is 29.0. The van der Waals surface area contributed by atoms with Gasteiger partial charge in [-0.25, -0.2) is 0 Å². The number of furan rings is 4. The summed E-state index contributed by atoms with van der Waals surface area (Å²) in [4.78, 5) is 4.66. The van der Waals surface area contributed by atoms with Crippen molar-refractivity contribution >= 4 is 143 Å². The van der Waals surface area contributed by atoms with Crippen LogP contribution < -0.4 is 9.80 Å². The van der Waals surface area contributed by atoms with E-state index in [9.17, 15) is 0 Å². The zero-order valence-corrected chi connectivity index (χ0v) is 46.4. The lowest BCUT2D eigenvalue weighted by molar-refractivity contribution is 0.668. The van der Waals surface area contributed by atoms with Crippen LogP contribution in [0.1, 0.15) is 0 Å². The monoisotopic (exact) mass is 1100 g/mol. The number of rotatable bonds is 8. The van der Waals surface area contributed by atoms with Gasteiger partial charge in [0.1, 0.15) is 44.7 Å². The summed E-state index contributed by atoms with van der Waals surface area (Å²) < 4.78 is 25.0. The molecule has 0 aliphatic carbocycles. The highest BCUT2D eigenvalue weighted by Gasteiger charge is 2.24. The molecule has 4 aromatic heterocycles. The van der Waals surface area contributed by atoms with Crippen LogP contribution >= 0.6 is 0 Å². The molecule has 0 fully saturated rings. The van der Waals surface area contributed by atoms with Gasteiger partial charge in [0.15, 0.2) is 0 Å². The van der Waals surface area contributed by atoms with E-state index >= 15 is 0 Å². The summed E-state index contributed by atoms with van der Waals surface area (Å²) in [5.41, 5.74) is 18.1. The van der Waals surface area contributed by atoms with Gasteiger partial charge in [-0.15, -0.1) is 0 Å². The Morgan fingerprint density at radius 2 is 0.512 bits per heavy atom. The van der Waals surface area contributed by atoms with Gasteiger partial charge in [0, 0.05) is 55.1 Å². The summed E-state index contributed by atoms with van der Waals surface area (Å²) >= 11 is 0. The topological polar surface area (TPSA) is 59.0 Å². The summed E-state index contributed by atoms with van der Waals surface area (Å²) in [7, 11) is 0. The van der Waals surface area contributed by atoms with E-state index in [1.165, 1.54) is 43.8 Å². The predicted molar refractivity (Wildman–Crippen MR) is 357 cm³/mol. The maximum Gasteiger partial charge on any atom is 0.137 e. The molecule has 6 heteroatoms. The van der Waals surface area contributed by atoms with Gasteiger partial charge in [0.05, 0.1) is 22.1 Å². The van der Waals surface area contributed by atoms with E-state index < -0.39 is 0 Å². The van der Waals surface area contributed by atoms with Crippen molar-refractivity contribution in [3.8, 4) is 22.3 Å². The molecule has 86 heavy (non-hydrogen) atoms. The molecule has 0 unspecified atom stereocenters. The third-order valence-corrected chi connectivity index (χ3v) is 16.9. The molecule has 0 amide bonds. The van der Waals surface area contributed by atoms with Crippen molar-refractivity contribution < 1.29 is 17.7 Å². The van der Waals surface area contributed by atoms with Crippen molar-refractivity contribution in [2.75, 3.05) is 9.80 Å². The highest BCUT2D eigenvalue weighted by atomic mass is 16.3. The van der Waals surface area contributed by atoms with Gasteiger partial charge in [-0.3, -0.25) is 0 Å². The molecule has 404 valence electrons. The number of hydrogen-bond acceptors (Lipinski definition) is 6. The minimum atomic E-state index is 0.862. The number of hydrogen-bond donors (Lipinski definition) is 0. The molecule has 18 aromatic rings. The van der Waals surface area contributed by atoms with Crippen LogP contribution in [0.2, 0.25) is 0 Å². The van der Waals surface area contributed by atoms with E-state index in [1.54, 1.807) is 0 Å². The fourth-order valence-electron chi connectivity index (χ4n) is 12.8. The maximum atomic E-state index is 6.32. The first-order chi connectivity index (χ1) is 42.6. The molecule has 0 N–H and O–H groups in total. The molecule has 0 atom stereocenters. The molecule has 0 aliphatic rings. The minimum Gasteiger partial charge on any atom is -0.456 e. The summed E-state index contributed by atoms with van der Waals surface area (Å²) in [6, 6.07) is 106. The van der Waals surface area contributed by atoms with Crippen LogP contribution in [0, 0.1) is 0 Å². The van der Waals surface area contributed by atoms with Crippen LogP contribution in [0.25, 0.3) is 132 Å².